The molecule has 0 aliphatic rings. The van der Waals surface area contributed by atoms with Gasteiger partial charge in [0.15, 0.2) is 0 Å². The van der Waals surface area contributed by atoms with Gasteiger partial charge in [-0.1, -0.05) is 43.7 Å². The Morgan fingerprint density at radius 3 is 2.04 bits per heavy atom. The van der Waals surface area contributed by atoms with Gasteiger partial charge in [-0.3, -0.25) is 0 Å². The number of fused-ring (bicyclic) bond motifs is 5. The van der Waals surface area contributed by atoms with Gasteiger partial charge >= 0.3 is 0 Å². The van der Waals surface area contributed by atoms with E-state index in [2.05, 4.69) is 85.1 Å². The van der Waals surface area contributed by atoms with E-state index < -0.39 is 0 Å². The van der Waals surface area contributed by atoms with Crippen LogP contribution in [0.3, 0.4) is 0 Å². The maximum atomic E-state index is 2.45. The summed E-state index contributed by atoms with van der Waals surface area (Å²) in [7, 11) is 0. The highest BCUT2D eigenvalue weighted by Crippen LogP contribution is 2.34. The van der Waals surface area contributed by atoms with Crippen molar-refractivity contribution in [1.82, 2.24) is 4.57 Å². The topological polar surface area (TPSA) is 4.93 Å². The van der Waals surface area contributed by atoms with Crippen molar-refractivity contribution in [2.75, 3.05) is 0 Å². The fraction of sp³-hybridized carbons (Fsp3) is 0.200. The number of benzene rings is 4. The minimum absolute atomic E-state index is 0.992. The molecule has 1 aromatic heterocycles. The Hall–Kier alpha value is -2.80. The van der Waals surface area contributed by atoms with E-state index in [1.165, 1.54) is 55.3 Å². The molecule has 0 bridgehead atoms. The molecule has 5 aromatic rings. The molecular weight excluding hydrogens is 314 g/mol. The maximum Gasteiger partial charge on any atom is 0.0497 e. The third-order valence-electron chi connectivity index (χ3n) is 5.61. The van der Waals surface area contributed by atoms with Crippen LogP contribution in [0, 0.1) is 0 Å². The van der Waals surface area contributed by atoms with E-state index in [1.807, 2.05) is 0 Å². The molecule has 1 nitrogen and oxygen atoms in total. The Labute approximate surface area is 153 Å². The highest BCUT2D eigenvalue weighted by Gasteiger charge is 2.12. The lowest BCUT2D eigenvalue weighted by atomic mass is 10.0. The molecular formula is C25H23N. The highest BCUT2D eigenvalue weighted by atomic mass is 15.0. The van der Waals surface area contributed by atoms with E-state index >= 15 is 0 Å². The zero-order valence-corrected chi connectivity index (χ0v) is 15.4. The second-order valence-corrected chi connectivity index (χ2v) is 7.26. The molecule has 0 saturated heterocycles. The van der Waals surface area contributed by atoms with Crippen LogP contribution in [0.5, 0.6) is 0 Å². The number of rotatable bonds is 3. The Morgan fingerprint density at radius 2 is 1.35 bits per heavy atom. The molecule has 0 amide bonds. The minimum atomic E-state index is 0.992. The average molecular weight is 337 g/mol. The van der Waals surface area contributed by atoms with Crippen LogP contribution >= 0.6 is 0 Å². The first-order valence-electron chi connectivity index (χ1n) is 9.66. The minimum Gasteiger partial charge on any atom is -0.341 e. The molecule has 0 N–H and O–H groups in total. The van der Waals surface area contributed by atoms with E-state index in [9.17, 15) is 0 Å². The second-order valence-electron chi connectivity index (χ2n) is 7.26. The smallest absolute Gasteiger partial charge is 0.0497 e. The summed E-state index contributed by atoms with van der Waals surface area (Å²) in [6, 6.07) is 25.1. The van der Waals surface area contributed by atoms with Crippen molar-refractivity contribution in [1.29, 1.82) is 0 Å². The van der Waals surface area contributed by atoms with Gasteiger partial charge in [0, 0.05) is 28.4 Å². The lowest BCUT2D eigenvalue weighted by molar-refractivity contribution is 0.827. The maximum absolute atomic E-state index is 2.45. The van der Waals surface area contributed by atoms with Gasteiger partial charge in [-0.15, -0.1) is 0 Å². The molecule has 0 radical (unpaired) electrons. The molecule has 128 valence electrons. The largest absolute Gasteiger partial charge is 0.341 e. The monoisotopic (exact) mass is 337 g/mol. The van der Waals surface area contributed by atoms with Gasteiger partial charge in [0.1, 0.15) is 0 Å². The fourth-order valence-electron chi connectivity index (χ4n) is 4.37. The predicted octanol–water partition coefficient (Wildman–Crippen LogP) is 7.07. The molecule has 0 aliphatic heterocycles. The van der Waals surface area contributed by atoms with E-state index in [0.717, 1.165) is 13.0 Å². The summed E-state index contributed by atoms with van der Waals surface area (Å²) in [5.41, 5.74) is 4.13. The highest BCUT2D eigenvalue weighted by molar-refractivity contribution is 6.14. The SMILES string of the molecule is CCCc1ccc2c(c1)c1cc3cc4ccccc4cc3cc1n2CC. The third-order valence-corrected chi connectivity index (χ3v) is 5.61. The standard InChI is InChI=1S/C25H23N/c1-3-7-17-10-11-24-22(12-17)23-15-20-13-18-8-5-6-9-19(18)14-21(20)16-25(23)26(24)4-2/h5-6,8-16H,3-4,7H2,1-2H3. The molecule has 4 aromatic carbocycles. The molecule has 5 rings (SSSR count). The number of aromatic nitrogens is 1. The average Bonchev–Trinajstić information content (AvgIpc) is 2.97. The first kappa shape index (κ1) is 15.5. The Morgan fingerprint density at radius 1 is 0.654 bits per heavy atom. The predicted molar refractivity (Wildman–Crippen MR) is 114 cm³/mol. The van der Waals surface area contributed by atoms with Gasteiger partial charge in [0.05, 0.1) is 0 Å². The van der Waals surface area contributed by atoms with Crippen molar-refractivity contribution in [3.8, 4) is 0 Å². The summed E-state index contributed by atoms with van der Waals surface area (Å²) in [5.74, 6) is 0. The normalized spacial score (nSPS) is 11.9. The van der Waals surface area contributed by atoms with Crippen molar-refractivity contribution in [2.24, 2.45) is 0 Å². The summed E-state index contributed by atoms with van der Waals surface area (Å²) < 4.78 is 2.45. The summed E-state index contributed by atoms with van der Waals surface area (Å²) in [6.07, 6.45) is 2.33. The van der Waals surface area contributed by atoms with Crippen molar-refractivity contribution in [3.05, 3.63) is 72.3 Å². The third kappa shape index (κ3) is 2.24. The molecule has 26 heavy (non-hydrogen) atoms. The van der Waals surface area contributed by atoms with Gasteiger partial charge in [-0.25, -0.2) is 0 Å². The zero-order chi connectivity index (χ0) is 17.7. The van der Waals surface area contributed by atoms with Crippen LogP contribution in [0.25, 0.3) is 43.4 Å². The van der Waals surface area contributed by atoms with Crippen LogP contribution in [-0.4, -0.2) is 4.57 Å². The summed E-state index contributed by atoms with van der Waals surface area (Å²) >= 11 is 0. The first-order valence-corrected chi connectivity index (χ1v) is 9.66. The molecule has 0 aliphatic carbocycles. The van der Waals surface area contributed by atoms with Crippen LogP contribution in [0.4, 0.5) is 0 Å². The second kappa shape index (κ2) is 5.88. The van der Waals surface area contributed by atoms with E-state index in [4.69, 9.17) is 0 Å². The van der Waals surface area contributed by atoms with Crippen LogP contribution in [0.15, 0.2) is 66.7 Å². The lowest BCUT2D eigenvalue weighted by Gasteiger charge is -2.06. The summed E-state index contributed by atoms with van der Waals surface area (Å²) in [5, 5.41) is 8.04. The van der Waals surface area contributed by atoms with E-state index in [1.54, 1.807) is 0 Å². The zero-order valence-electron chi connectivity index (χ0n) is 15.4. The molecule has 0 spiro atoms. The first-order chi connectivity index (χ1) is 12.8. The lowest BCUT2D eigenvalue weighted by Crippen LogP contribution is -1.93. The number of hydrogen-bond donors (Lipinski definition) is 0. The fourth-order valence-corrected chi connectivity index (χ4v) is 4.37. The van der Waals surface area contributed by atoms with Crippen LogP contribution in [-0.2, 0) is 13.0 Å². The van der Waals surface area contributed by atoms with Gasteiger partial charge in [-0.05, 0) is 76.9 Å². The molecule has 0 unspecified atom stereocenters. The number of hydrogen-bond acceptors (Lipinski definition) is 0. The number of nitrogens with zero attached hydrogens (tertiary/aromatic N) is 1. The van der Waals surface area contributed by atoms with E-state index in [-0.39, 0.29) is 0 Å². The molecule has 1 heteroatoms. The molecule has 1 heterocycles. The Balaban J connectivity index is 1.90. The Bertz CT molecular complexity index is 1270. The molecule has 0 fully saturated rings. The van der Waals surface area contributed by atoms with Crippen LogP contribution < -0.4 is 0 Å². The molecule has 0 atom stereocenters. The molecule has 0 saturated carbocycles. The van der Waals surface area contributed by atoms with Crippen molar-refractivity contribution < 1.29 is 0 Å². The van der Waals surface area contributed by atoms with Gasteiger partial charge in [0.2, 0.25) is 0 Å². The van der Waals surface area contributed by atoms with Gasteiger partial charge in [-0.2, -0.15) is 0 Å². The quantitative estimate of drug-likeness (QED) is 0.310. The number of aryl methyl sites for hydroxylation is 2. The summed E-state index contributed by atoms with van der Waals surface area (Å²) in [6.45, 7) is 5.48. The van der Waals surface area contributed by atoms with Crippen molar-refractivity contribution >= 4 is 43.4 Å². The van der Waals surface area contributed by atoms with Crippen LogP contribution in [0.1, 0.15) is 25.8 Å². The van der Waals surface area contributed by atoms with E-state index in [0.29, 0.717) is 0 Å². The summed E-state index contributed by atoms with van der Waals surface area (Å²) in [4.78, 5) is 0. The van der Waals surface area contributed by atoms with Crippen molar-refractivity contribution in [2.45, 2.75) is 33.2 Å². The van der Waals surface area contributed by atoms with Gasteiger partial charge < -0.3 is 4.57 Å². The van der Waals surface area contributed by atoms with Crippen molar-refractivity contribution in [3.63, 3.8) is 0 Å². The Kier molecular flexibility index (Phi) is 3.49. The van der Waals surface area contributed by atoms with Crippen LogP contribution in [0.2, 0.25) is 0 Å². The van der Waals surface area contributed by atoms with Gasteiger partial charge in [0.25, 0.3) is 0 Å².